The zero-order valence-corrected chi connectivity index (χ0v) is 73.1. The zero-order valence-electron chi connectivity index (χ0n) is 72.4. The Kier molecular flexibility index (Phi) is 35.5. The van der Waals surface area contributed by atoms with E-state index in [0.717, 1.165) is 81.4 Å². The van der Waals surface area contributed by atoms with Crippen LogP contribution >= 0.6 is 11.6 Å². The highest BCUT2D eigenvalue weighted by Crippen LogP contribution is 2.36. The van der Waals surface area contributed by atoms with Crippen LogP contribution in [0.4, 0.5) is 40.8 Å². The van der Waals surface area contributed by atoms with Gasteiger partial charge in [-0.15, -0.1) is 0 Å². The first kappa shape index (κ1) is 97.9. The first-order chi connectivity index (χ1) is 63.2. The number of nitrogens with zero attached hydrogens (tertiary/aromatic N) is 9. The quantitative estimate of drug-likeness (QED) is 0.0142. The largest absolute Gasteiger partial charge is 0.497 e. The van der Waals surface area contributed by atoms with Crippen molar-refractivity contribution in [2.75, 3.05) is 54.0 Å². The van der Waals surface area contributed by atoms with Crippen molar-refractivity contribution in [3.8, 4) is 68.5 Å². The van der Waals surface area contributed by atoms with Crippen LogP contribution in [0.1, 0.15) is 135 Å². The second-order valence-electron chi connectivity index (χ2n) is 28.1. The number of aldehydes is 1. The van der Waals surface area contributed by atoms with Crippen molar-refractivity contribution >= 4 is 47.4 Å². The standard InChI is InChI=1S/C28H23F2N3O3.C21H16F2N2O3.C21H18F2N2O2.C14H11ClF2N2O2.C9H13NO2.C6H7N/c1-35-19-12-11-18(24(14-19)36-2)15-33-16-23-26(28(33)34)22(13-17-7-4-3-5-8-17)31-27(32-23)25-20(29)9-6-10-21(25)30;1-2-28-21(27)19-16(11-13-7-4-3-5-8-13)24-20(25-17(19)12-26)18-14(22)9-6-10-15(18)23;1-3-27-21(26)18-13(2)24-20(19-15(22)10-7-11-16(19)23)25-17(18)12-14-8-5-4-6-9-14;1-3-21-14(20)10-7(2)18-13(19-12(10)15)11-8(16)5-4-6-9(11)17;1-11-8-4-3-7(6-10)9(5-8)12-2;7-6-4-2-1-3-5-6/h3-12,14H,13,15-16H2,1-2H3;3-10,12H,2,11H2,1H3;4-11H,3,12H2,1-2H3;4-6H,3H2,1-2H3;3-5H,6,10H2,1-2H3;1-5H,7H2. The molecule has 0 radical (unpaired) electrons. The lowest BCUT2D eigenvalue weighted by Crippen LogP contribution is -2.24. The van der Waals surface area contributed by atoms with E-state index in [1.165, 1.54) is 43.3 Å². The van der Waals surface area contributed by atoms with Crippen molar-refractivity contribution in [1.82, 2.24) is 44.8 Å². The van der Waals surface area contributed by atoms with Gasteiger partial charge in [0.2, 0.25) is 0 Å². The molecule has 0 unspecified atom stereocenters. The van der Waals surface area contributed by atoms with Gasteiger partial charge >= 0.3 is 17.9 Å². The minimum absolute atomic E-state index is 0.0148. The molecule has 0 aliphatic carbocycles. The molecule has 1 aliphatic rings. The van der Waals surface area contributed by atoms with E-state index in [1.54, 1.807) is 97.4 Å². The van der Waals surface area contributed by atoms with Crippen LogP contribution in [0.3, 0.4) is 0 Å². The molecule has 10 aromatic carbocycles. The molecule has 131 heavy (non-hydrogen) atoms. The average Bonchev–Trinajstić information content (AvgIpc) is 1.64. The number of halogens is 9. The van der Waals surface area contributed by atoms with Gasteiger partial charge in [-0.2, -0.15) is 0 Å². The van der Waals surface area contributed by atoms with Crippen molar-refractivity contribution in [2.24, 2.45) is 5.73 Å². The van der Waals surface area contributed by atoms with Crippen LogP contribution in [0.5, 0.6) is 23.0 Å². The Morgan fingerprint density at radius 1 is 0.405 bits per heavy atom. The van der Waals surface area contributed by atoms with Gasteiger partial charge in [0.25, 0.3) is 5.91 Å². The number of rotatable bonds is 24. The highest BCUT2D eigenvalue weighted by molar-refractivity contribution is 6.32. The normalized spacial score (nSPS) is 10.9. The van der Waals surface area contributed by atoms with Crippen molar-refractivity contribution in [2.45, 2.75) is 73.5 Å². The van der Waals surface area contributed by atoms with E-state index in [-0.39, 0.29) is 119 Å². The predicted octanol–water partition coefficient (Wildman–Crippen LogP) is 19.7. The van der Waals surface area contributed by atoms with E-state index in [4.69, 9.17) is 56.2 Å². The molecule has 23 nitrogen and oxygen atoms in total. The number of nitrogen functional groups attached to an aromatic ring is 1. The minimum Gasteiger partial charge on any atom is -0.497 e. The molecular weight excluding hydrogens is 1720 g/mol. The Hall–Kier alpha value is -15.2. The minimum atomic E-state index is -0.869. The lowest BCUT2D eigenvalue weighted by Gasteiger charge is -2.18. The Bertz CT molecular complexity index is 6260. The van der Waals surface area contributed by atoms with Gasteiger partial charge < -0.3 is 49.5 Å². The molecular formula is C99H88ClF8N11O12. The number of hydrogen-bond donors (Lipinski definition) is 2. The van der Waals surface area contributed by atoms with Crippen LogP contribution < -0.4 is 30.4 Å². The fraction of sp³-hybridized carbons (Fsp3) is 0.182. The van der Waals surface area contributed by atoms with Gasteiger partial charge in [-0.25, -0.2) is 89.4 Å². The number of nitrogens with two attached hydrogens (primary N) is 2. The van der Waals surface area contributed by atoms with Gasteiger partial charge in [0.05, 0.1) is 123 Å². The monoisotopic (exact) mass is 1810 g/mol. The third-order valence-electron chi connectivity index (χ3n) is 19.4. The smallest absolute Gasteiger partial charge is 0.343 e. The highest BCUT2D eigenvalue weighted by Gasteiger charge is 2.35. The van der Waals surface area contributed by atoms with Gasteiger partial charge in [-0.3, -0.25) is 9.59 Å². The molecule has 0 bridgehead atoms. The molecule has 15 rings (SSSR count). The second-order valence-corrected chi connectivity index (χ2v) is 28.5. The number of aromatic nitrogens is 8. The van der Waals surface area contributed by atoms with Crippen LogP contribution in [-0.4, -0.2) is 123 Å². The van der Waals surface area contributed by atoms with Gasteiger partial charge in [0.1, 0.15) is 97.1 Å². The summed E-state index contributed by atoms with van der Waals surface area (Å²) in [6.07, 6.45) is 1.13. The van der Waals surface area contributed by atoms with Crippen molar-refractivity contribution in [1.29, 1.82) is 0 Å². The first-order valence-corrected chi connectivity index (χ1v) is 40.9. The lowest BCUT2D eigenvalue weighted by atomic mass is 10.0. The van der Waals surface area contributed by atoms with Gasteiger partial charge in [0, 0.05) is 54.8 Å². The number of aryl methyl sites for hydroxylation is 2. The summed E-state index contributed by atoms with van der Waals surface area (Å²) in [7, 11) is 6.36. The van der Waals surface area contributed by atoms with Gasteiger partial charge in [-0.1, -0.05) is 151 Å². The molecule has 0 saturated heterocycles. The van der Waals surface area contributed by atoms with E-state index >= 15 is 0 Å². The summed E-state index contributed by atoms with van der Waals surface area (Å²) in [6.45, 7) is 9.43. The zero-order chi connectivity index (χ0) is 94.4. The Balaban J connectivity index is 0.000000172. The van der Waals surface area contributed by atoms with E-state index in [1.807, 2.05) is 121 Å². The maximum Gasteiger partial charge on any atom is 0.343 e. The Morgan fingerprint density at radius 2 is 0.748 bits per heavy atom. The maximum absolute atomic E-state index is 14.6. The number of fused-ring (bicyclic) bond motifs is 1. The highest BCUT2D eigenvalue weighted by atomic mass is 35.5. The molecule has 0 saturated carbocycles. The number of carbonyl (C=O) groups excluding carboxylic acids is 5. The molecule has 0 spiro atoms. The Labute approximate surface area is 754 Å². The Morgan fingerprint density at radius 3 is 1.12 bits per heavy atom. The number of amides is 1. The molecule has 0 fully saturated rings. The number of methoxy groups -OCH3 is 4. The average molecular weight is 1810 g/mol. The van der Waals surface area contributed by atoms with Crippen LogP contribution in [0.25, 0.3) is 45.6 Å². The van der Waals surface area contributed by atoms with Crippen LogP contribution in [0.2, 0.25) is 5.15 Å². The molecule has 0 atom stereocenters. The predicted molar refractivity (Wildman–Crippen MR) is 476 cm³/mol. The summed E-state index contributed by atoms with van der Waals surface area (Å²) in [4.78, 5) is 96.7. The van der Waals surface area contributed by atoms with Crippen molar-refractivity contribution < 1.29 is 92.3 Å². The van der Waals surface area contributed by atoms with Gasteiger partial charge in [-0.05, 0) is 130 Å². The molecule has 4 N–H and O–H groups in total. The number of carbonyl (C=O) groups is 5. The fourth-order valence-electron chi connectivity index (χ4n) is 13.3. The number of benzene rings is 10. The number of para-hydroxylation sites is 1. The number of anilines is 1. The van der Waals surface area contributed by atoms with Gasteiger partial charge in [0.15, 0.2) is 29.6 Å². The molecule has 32 heteroatoms. The molecule has 1 amide bonds. The fourth-order valence-corrected chi connectivity index (χ4v) is 13.6. The van der Waals surface area contributed by atoms with Crippen molar-refractivity contribution in [3.05, 3.63) is 372 Å². The number of esters is 3. The summed E-state index contributed by atoms with van der Waals surface area (Å²) in [6, 6.07) is 62.3. The van der Waals surface area contributed by atoms with E-state index < -0.39 is 75.6 Å². The SMILES string of the molecule is CCOC(=O)c1c(C)nc(-c2c(F)cccc2F)nc1Cc1ccccc1.CCOC(=O)c1c(C)nc(-c2c(F)cccc2F)nc1Cl.CCOC(=O)c1c(C=O)nc(-c2c(F)cccc2F)nc1Cc1ccccc1.COc1ccc(CN)c(OC)c1.COc1ccc(CN2Cc3nc(-c4c(F)cccc4F)nc(Cc4ccccc4)c3C2=O)c(OC)c1.Nc1ccccc1. The molecule has 1 aliphatic heterocycles. The summed E-state index contributed by atoms with van der Waals surface area (Å²) < 4.78 is 149. The topological polar surface area (TPSA) is 308 Å². The van der Waals surface area contributed by atoms with Crippen molar-refractivity contribution in [3.63, 3.8) is 0 Å². The molecule has 5 heterocycles. The number of ether oxygens (including phenoxy) is 7. The maximum atomic E-state index is 14.6. The molecule has 4 aromatic heterocycles. The summed E-state index contributed by atoms with van der Waals surface area (Å²) >= 11 is 5.92. The number of hydrogen-bond acceptors (Lipinski definition) is 22. The van der Waals surface area contributed by atoms with Crippen LogP contribution in [-0.2, 0) is 53.1 Å². The first-order valence-electron chi connectivity index (χ1n) is 40.5. The summed E-state index contributed by atoms with van der Waals surface area (Å²) in [5.74, 6) is -6.56. The second kappa shape index (κ2) is 47.5. The third-order valence-corrected chi connectivity index (χ3v) is 19.7. The van der Waals surface area contributed by atoms with E-state index in [0.29, 0.717) is 65.5 Å². The molecule has 674 valence electrons. The van der Waals surface area contributed by atoms with E-state index in [9.17, 15) is 59.1 Å². The van der Waals surface area contributed by atoms with Crippen LogP contribution in [0.15, 0.2) is 231 Å². The summed E-state index contributed by atoms with van der Waals surface area (Å²) in [5, 5.41) is -0.210. The lowest BCUT2D eigenvalue weighted by molar-refractivity contribution is 0.0513. The molecule has 14 aromatic rings. The van der Waals surface area contributed by atoms with E-state index in [2.05, 4.69) is 39.9 Å². The summed E-state index contributed by atoms with van der Waals surface area (Å²) in [5.41, 5.74) is 16.7. The van der Waals surface area contributed by atoms with Crippen LogP contribution in [0, 0.1) is 60.4 Å². The third kappa shape index (κ3) is 25.4.